The minimum absolute atomic E-state index is 0.248. The zero-order valence-electron chi connectivity index (χ0n) is 15.7. The highest BCUT2D eigenvalue weighted by atomic mass is 15.4. The Morgan fingerprint density at radius 3 is 1.93 bits per heavy atom. The minimum Gasteiger partial charge on any atom is -0.196 e. The fraction of sp³-hybridized carbons (Fsp3) is 0.417. The van der Waals surface area contributed by atoms with Crippen LogP contribution >= 0.6 is 0 Å². The van der Waals surface area contributed by atoms with Gasteiger partial charge < -0.3 is 0 Å². The van der Waals surface area contributed by atoms with E-state index in [-0.39, 0.29) is 5.54 Å². The van der Waals surface area contributed by atoms with Gasteiger partial charge in [0, 0.05) is 5.10 Å². The molecule has 4 saturated carbocycles. The first kappa shape index (κ1) is 15.6. The van der Waals surface area contributed by atoms with Gasteiger partial charge in [0.2, 0.25) is 6.33 Å². The van der Waals surface area contributed by atoms with Crippen molar-refractivity contribution in [2.45, 2.75) is 44.1 Å². The van der Waals surface area contributed by atoms with Crippen molar-refractivity contribution in [1.82, 2.24) is 9.78 Å². The van der Waals surface area contributed by atoms with E-state index in [2.05, 4.69) is 76.2 Å². The van der Waals surface area contributed by atoms with Crippen LogP contribution in [0.4, 0.5) is 0 Å². The molecule has 0 unspecified atom stereocenters. The fourth-order valence-electron chi connectivity index (χ4n) is 6.48. The summed E-state index contributed by atoms with van der Waals surface area (Å²) < 4.78 is 4.65. The second kappa shape index (κ2) is 5.79. The van der Waals surface area contributed by atoms with Gasteiger partial charge >= 0.3 is 5.82 Å². The summed E-state index contributed by atoms with van der Waals surface area (Å²) in [5.41, 5.74) is 2.62. The molecule has 7 rings (SSSR count). The molecular weight excluding hydrogens is 330 g/mol. The molecule has 3 heteroatoms. The van der Waals surface area contributed by atoms with Crippen molar-refractivity contribution in [3.8, 4) is 17.1 Å². The molecule has 0 N–H and O–H groups in total. The smallest absolute Gasteiger partial charge is 0.196 e. The Labute approximate surface area is 160 Å². The van der Waals surface area contributed by atoms with Gasteiger partial charge in [0.05, 0.1) is 5.56 Å². The van der Waals surface area contributed by atoms with Crippen LogP contribution in [-0.4, -0.2) is 9.78 Å². The molecule has 3 nitrogen and oxygen atoms in total. The molecule has 27 heavy (non-hydrogen) atoms. The maximum Gasteiger partial charge on any atom is 0.313 e. The third-order valence-electron chi connectivity index (χ3n) is 7.21. The van der Waals surface area contributed by atoms with Gasteiger partial charge in [-0.15, -0.1) is 4.68 Å². The normalized spacial score (nSPS) is 31.3. The summed E-state index contributed by atoms with van der Waals surface area (Å²) in [6.45, 7) is 0. The molecule has 1 aromatic heterocycles. The maximum atomic E-state index is 5.23. The van der Waals surface area contributed by atoms with Gasteiger partial charge in [-0.2, -0.15) is 4.57 Å². The first-order valence-corrected chi connectivity index (χ1v) is 10.4. The molecule has 0 aliphatic heterocycles. The van der Waals surface area contributed by atoms with Gasteiger partial charge in [0.25, 0.3) is 0 Å². The van der Waals surface area contributed by atoms with E-state index in [1.54, 1.807) is 0 Å². The zero-order valence-corrected chi connectivity index (χ0v) is 15.7. The predicted octanol–water partition coefficient (Wildman–Crippen LogP) is 4.75. The molecule has 0 saturated heterocycles. The summed E-state index contributed by atoms with van der Waals surface area (Å²) in [4.78, 5) is 0. The van der Waals surface area contributed by atoms with E-state index in [0.29, 0.717) is 0 Å². The lowest BCUT2D eigenvalue weighted by atomic mass is 9.53. The summed E-state index contributed by atoms with van der Waals surface area (Å²) in [5.74, 6) is 3.82. The van der Waals surface area contributed by atoms with Crippen molar-refractivity contribution >= 4 is 0 Å². The lowest BCUT2D eigenvalue weighted by Crippen LogP contribution is -2.52. The highest BCUT2D eigenvalue weighted by Crippen LogP contribution is 2.58. The Kier molecular flexibility index (Phi) is 3.35. The molecule has 4 aliphatic carbocycles. The quantitative estimate of drug-likeness (QED) is 0.621. The predicted molar refractivity (Wildman–Crippen MR) is 105 cm³/mol. The first-order valence-electron chi connectivity index (χ1n) is 10.4. The molecule has 2 aromatic carbocycles. The van der Waals surface area contributed by atoms with E-state index in [0.717, 1.165) is 23.6 Å². The molecule has 3 aromatic rings. The van der Waals surface area contributed by atoms with E-state index in [1.165, 1.54) is 49.8 Å². The summed E-state index contributed by atoms with van der Waals surface area (Å²) in [6.07, 6.45) is 10.6. The summed E-state index contributed by atoms with van der Waals surface area (Å²) in [7, 11) is 0. The summed E-state index contributed by atoms with van der Waals surface area (Å²) in [5, 5.41) is 5.23. The molecule has 0 spiro atoms. The largest absolute Gasteiger partial charge is 0.313 e. The number of rotatable bonds is 3. The molecular formula is C24H26N3+. The zero-order chi connectivity index (χ0) is 17.8. The van der Waals surface area contributed by atoms with E-state index in [9.17, 15) is 0 Å². The Morgan fingerprint density at radius 2 is 1.33 bits per heavy atom. The standard InChI is InChI=1S/C24H26N3/c1-3-7-21(8-4-1)23-25-27(17-26(23)22-9-5-2-6-10-22)24-14-18-11-19(15-24)13-20(12-18)16-24/h1-10,17-20H,11-16H2/q+1. The third kappa shape index (κ3) is 2.48. The Morgan fingerprint density at radius 1 is 0.778 bits per heavy atom. The van der Waals surface area contributed by atoms with Crippen LogP contribution in [-0.2, 0) is 5.54 Å². The number of aromatic nitrogens is 3. The van der Waals surface area contributed by atoms with Gasteiger partial charge in [-0.1, -0.05) is 36.4 Å². The molecule has 0 amide bonds. The third-order valence-corrected chi connectivity index (χ3v) is 7.21. The monoisotopic (exact) mass is 356 g/mol. The van der Waals surface area contributed by atoms with Crippen molar-refractivity contribution in [3.63, 3.8) is 0 Å². The van der Waals surface area contributed by atoms with Crippen LogP contribution < -0.4 is 4.57 Å². The van der Waals surface area contributed by atoms with Gasteiger partial charge in [0.15, 0.2) is 0 Å². The SMILES string of the molecule is c1ccc(-c2nn(C34CC5CC(CC(C5)C3)C4)c[n+]2-c2ccccc2)cc1. The van der Waals surface area contributed by atoms with E-state index < -0.39 is 0 Å². The van der Waals surface area contributed by atoms with Crippen molar-refractivity contribution in [2.24, 2.45) is 17.8 Å². The van der Waals surface area contributed by atoms with E-state index >= 15 is 0 Å². The van der Waals surface area contributed by atoms with Crippen molar-refractivity contribution < 1.29 is 4.57 Å². The Bertz CT molecular complexity index is 866. The summed E-state index contributed by atoms with van der Waals surface area (Å²) >= 11 is 0. The number of hydrogen-bond acceptors (Lipinski definition) is 1. The second-order valence-electron chi connectivity index (χ2n) is 9.10. The number of benzene rings is 2. The number of nitrogens with zero attached hydrogens (tertiary/aromatic N) is 3. The first-order chi connectivity index (χ1) is 13.3. The number of hydrogen-bond donors (Lipinski definition) is 0. The lowest BCUT2D eigenvalue weighted by Gasteiger charge is -2.54. The lowest BCUT2D eigenvalue weighted by molar-refractivity contribution is -0.585. The molecule has 1 heterocycles. The van der Waals surface area contributed by atoms with E-state index in [1.807, 2.05) is 0 Å². The van der Waals surface area contributed by atoms with E-state index in [4.69, 9.17) is 5.10 Å². The molecule has 0 atom stereocenters. The minimum atomic E-state index is 0.248. The average Bonchev–Trinajstić information content (AvgIpc) is 3.15. The average molecular weight is 356 g/mol. The number of para-hydroxylation sites is 1. The highest BCUT2D eigenvalue weighted by Gasteiger charge is 2.55. The van der Waals surface area contributed by atoms with Crippen LogP contribution in [0.1, 0.15) is 38.5 Å². The maximum absolute atomic E-state index is 5.23. The van der Waals surface area contributed by atoms with Crippen LogP contribution in [0, 0.1) is 17.8 Å². The second-order valence-corrected chi connectivity index (χ2v) is 9.10. The van der Waals surface area contributed by atoms with Gasteiger partial charge in [0.1, 0.15) is 11.2 Å². The summed E-state index contributed by atoms with van der Waals surface area (Å²) in [6, 6.07) is 21.3. The molecule has 136 valence electrons. The van der Waals surface area contributed by atoms with Gasteiger partial charge in [-0.05, 0) is 80.5 Å². The van der Waals surface area contributed by atoms with Crippen LogP contribution in [0.25, 0.3) is 17.1 Å². The Hall–Kier alpha value is -2.42. The van der Waals surface area contributed by atoms with Gasteiger partial charge in [-0.25, -0.2) is 0 Å². The van der Waals surface area contributed by atoms with Crippen molar-refractivity contribution in [1.29, 1.82) is 0 Å². The molecule has 4 aliphatic rings. The molecule has 4 bridgehead atoms. The van der Waals surface area contributed by atoms with Crippen LogP contribution in [0.5, 0.6) is 0 Å². The van der Waals surface area contributed by atoms with Crippen LogP contribution in [0.15, 0.2) is 67.0 Å². The topological polar surface area (TPSA) is 21.7 Å². The van der Waals surface area contributed by atoms with Crippen molar-refractivity contribution in [2.75, 3.05) is 0 Å². The highest BCUT2D eigenvalue weighted by molar-refractivity contribution is 5.51. The Balaban J connectivity index is 1.50. The van der Waals surface area contributed by atoms with Crippen molar-refractivity contribution in [3.05, 3.63) is 67.0 Å². The fourth-order valence-corrected chi connectivity index (χ4v) is 6.48. The van der Waals surface area contributed by atoms with Gasteiger partial charge in [-0.3, -0.25) is 0 Å². The molecule has 0 radical (unpaired) electrons. The van der Waals surface area contributed by atoms with Crippen LogP contribution in [0.3, 0.4) is 0 Å². The molecule has 4 fully saturated rings. The van der Waals surface area contributed by atoms with Crippen LogP contribution in [0.2, 0.25) is 0 Å².